The monoisotopic (exact) mass is 414 g/mol. The Morgan fingerprint density at radius 3 is 2.65 bits per heavy atom. The second kappa shape index (κ2) is 8.16. The minimum absolute atomic E-state index is 0.265. The summed E-state index contributed by atoms with van der Waals surface area (Å²) < 4.78 is 7.35. The van der Waals surface area contributed by atoms with Crippen molar-refractivity contribution in [2.24, 2.45) is 5.10 Å². The number of para-hydroxylation sites is 1. The maximum atomic E-state index is 12.3. The van der Waals surface area contributed by atoms with E-state index in [2.05, 4.69) is 21.5 Å². The zero-order chi connectivity index (χ0) is 21.2. The topological polar surface area (TPSA) is 84.1 Å². The predicted molar refractivity (Wildman–Crippen MR) is 120 cm³/mol. The van der Waals surface area contributed by atoms with Crippen molar-refractivity contribution in [1.82, 2.24) is 20.0 Å². The van der Waals surface area contributed by atoms with Gasteiger partial charge in [-0.3, -0.25) is 4.79 Å². The molecule has 1 aliphatic rings. The van der Waals surface area contributed by atoms with Gasteiger partial charge in [0.15, 0.2) is 5.65 Å². The van der Waals surface area contributed by atoms with Crippen molar-refractivity contribution in [1.29, 1.82) is 0 Å². The molecular formula is C23H22N6O2. The zero-order valence-electron chi connectivity index (χ0n) is 17.2. The lowest BCUT2D eigenvalue weighted by atomic mass is 10.2. The van der Waals surface area contributed by atoms with Crippen molar-refractivity contribution in [3.05, 3.63) is 71.4 Å². The van der Waals surface area contributed by atoms with Crippen molar-refractivity contribution in [3.8, 4) is 0 Å². The first-order chi connectivity index (χ1) is 15.2. The molecule has 0 unspecified atom stereocenters. The molecule has 1 N–H and O–H groups in total. The normalized spacial score (nSPS) is 14.5. The average molecular weight is 414 g/mol. The second-order valence-corrected chi connectivity index (χ2v) is 7.35. The van der Waals surface area contributed by atoms with Gasteiger partial charge in [-0.05, 0) is 31.2 Å². The number of fused-ring (bicyclic) bond motifs is 3. The second-order valence-electron chi connectivity index (χ2n) is 7.35. The molecule has 0 saturated carbocycles. The molecule has 8 heteroatoms. The molecule has 0 atom stereocenters. The number of hydrazone groups is 1. The lowest BCUT2D eigenvalue weighted by molar-refractivity contribution is 0.0955. The maximum absolute atomic E-state index is 12.3. The third kappa shape index (κ3) is 3.62. The van der Waals surface area contributed by atoms with Gasteiger partial charge in [0, 0.05) is 24.0 Å². The molecule has 1 fully saturated rings. The quantitative estimate of drug-likeness (QED) is 0.410. The van der Waals surface area contributed by atoms with E-state index in [1.54, 1.807) is 18.3 Å². The Labute approximate surface area is 179 Å². The number of rotatable bonds is 4. The molecule has 4 aromatic rings. The summed E-state index contributed by atoms with van der Waals surface area (Å²) in [6.45, 7) is 4.85. The van der Waals surface area contributed by atoms with Crippen LogP contribution in [0, 0.1) is 6.92 Å². The number of carbonyl (C=O) groups excluding carboxylic acids is 1. The van der Waals surface area contributed by atoms with Crippen LogP contribution in [0.1, 0.15) is 21.6 Å². The molecule has 8 nitrogen and oxygen atoms in total. The number of aromatic nitrogens is 3. The van der Waals surface area contributed by atoms with Crippen LogP contribution in [0.3, 0.4) is 0 Å². The number of anilines is 1. The summed E-state index contributed by atoms with van der Waals surface area (Å²) in [6, 6.07) is 17.1. The molecule has 31 heavy (non-hydrogen) atoms. The number of aryl methyl sites for hydroxylation is 1. The van der Waals surface area contributed by atoms with Crippen LogP contribution in [0.25, 0.3) is 16.6 Å². The summed E-state index contributed by atoms with van der Waals surface area (Å²) in [4.78, 5) is 19.5. The van der Waals surface area contributed by atoms with Gasteiger partial charge in [0.25, 0.3) is 5.91 Å². The number of nitrogens with one attached hydrogen (secondary N) is 1. The molecule has 1 aliphatic heterocycles. The van der Waals surface area contributed by atoms with E-state index in [9.17, 15) is 4.79 Å². The Kier molecular flexibility index (Phi) is 5.05. The molecule has 0 bridgehead atoms. The first-order valence-electron chi connectivity index (χ1n) is 10.2. The average Bonchev–Trinajstić information content (AvgIpc) is 3.15. The fraction of sp³-hybridized carbons (Fsp3) is 0.217. The Morgan fingerprint density at radius 1 is 1.10 bits per heavy atom. The number of ether oxygens (including phenoxy) is 1. The highest BCUT2D eigenvalue weighted by Crippen LogP contribution is 2.28. The molecule has 1 saturated heterocycles. The van der Waals surface area contributed by atoms with Crippen LogP contribution in [0.2, 0.25) is 0 Å². The molecule has 1 amide bonds. The number of benzene rings is 2. The van der Waals surface area contributed by atoms with Gasteiger partial charge in [-0.1, -0.05) is 30.3 Å². The smallest absolute Gasteiger partial charge is 0.271 e. The standard InChI is InChI=1S/C23H22N6O2/c1-16-19(15-24-26-23(30)17-7-3-2-4-8-17)22-25-21(28-11-13-31-14-12-28)18-9-5-6-10-20(18)29(22)27-16/h2-10,15H,11-14H2,1H3,(H,26,30). The van der Waals surface area contributed by atoms with Crippen molar-refractivity contribution in [3.63, 3.8) is 0 Å². The number of amides is 1. The number of hydrogen-bond donors (Lipinski definition) is 1. The predicted octanol–water partition coefficient (Wildman–Crippen LogP) is 2.79. The number of nitrogens with zero attached hydrogens (tertiary/aromatic N) is 5. The first-order valence-corrected chi connectivity index (χ1v) is 10.2. The van der Waals surface area contributed by atoms with E-state index >= 15 is 0 Å². The van der Waals surface area contributed by atoms with Gasteiger partial charge in [0.05, 0.1) is 36.2 Å². The molecule has 156 valence electrons. The minimum Gasteiger partial charge on any atom is -0.378 e. The van der Waals surface area contributed by atoms with Gasteiger partial charge >= 0.3 is 0 Å². The maximum Gasteiger partial charge on any atom is 0.271 e. The van der Waals surface area contributed by atoms with Crippen LogP contribution in [-0.4, -0.2) is 53.0 Å². The molecule has 5 rings (SSSR count). The van der Waals surface area contributed by atoms with E-state index in [1.165, 1.54) is 0 Å². The Hall–Kier alpha value is -3.78. The summed E-state index contributed by atoms with van der Waals surface area (Å²) in [5.41, 5.74) is 6.37. The molecule has 0 radical (unpaired) electrons. The third-order valence-corrected chi connectivity index (χ3v) is 5.37. The van der Waals surface area contributed by atoms with E-state index in [1.807, 2.05) is 47.8 Å². The van der Waals surface area contributed by atoms with Crippen LogP contribution in [-0.2, 0) is 4.74 Å². The van der Waals surface area contributed by atoms with Crippen molar-refractivity contribution < 1.29 is 9.53 Å². The van der Waals surface area contributed by atoms with Crippen molar-refractivity contribution >= 4 is 34.5 Å². The Morgan fingerprint density at radius 2 is 1.84 bits per heavy atom. The molecule has 0 spiro atoms. The van der Waals surface area contributed by atoms with E-state index in [4.69, 9.17) is 14.8 Å². The summed E-state index contributed by atoms with van der Waals surface area (Å²) >= 11 is 0. The lowest BCUT2D eigenvalue weighted by Crippen LogP contribution is -2.37. The van der Waals surface area contributed by atoms with Gasteiger partial charge in [-0.15, -0.1) is 0 Å². The van der Waals surface area contributed by atoms with E-state index in [-0.39, 0.29) is 5.91 Å². The highest BCUT2D eigenvalue weighted by molar-refractivity contribution is 5.98. The molecule has 2 aromatic heterocycles. The van der Waals surface area contributed by atoms with Gasteiger partial charge in [-0.2, -0.15) is 10.2 Å². The molecular weight excluding hydrogens is 392 g/mol. The minimum atomic E-state index is -0.265. The van der Waals surface area contributed by atoms with Crippen LogP contribution in [0.5, 0.6) is 0 Å². The number of morpholine rings is 1. The van der Waals surface area contributed by atoms with Gasteiger partial charge in [0.2, 0.25) is 0 Å². The van der Waals surface area contributed by atoms with Gasteiger partial charge in [-0.25, -0.2) is 14.9 Å². The van der Waals surface area contributed by atoms with Gasteiger partial charge in [0.1, 0.15) is 5.82 Å². The van der Waals surface area contributed by atoms with E-state index < -0.39 is 0 Å². The summed E-state index contributed by atoms with van der Waals surface area (Å²) in [5.74, 6) is 0.646. The van der Waals surface area contributed by atoms with Gasteiger partial charge < -0.3 is 9.64 Å². The van der Waals surface area contributed by atoms with E-state index in [0.29, 0.717) is 24.4 Å². The van der Waals surface area contributed by atoms with Crippen LogP contribution >= 0.6 is 0 Å². The summed E-state index contributed by atoms with van der Waals surface area (Å²) in [5, 5.41) is 9.90. The van der Waals surface area contributed by atoms with E-state index in [0.717, 1.165) is 41.1 Å². The fourth-order valence-electron chi connectivity index (χ4n) is 3.79. The largest absolute Gasteiger partial charge is 0.378 e. The van der Waals surface area contributed by atoms with Crippen molar-refractivity contribution in [2.45, 2.75) is 6.92 Å². The third-order valence-electron chi connectivity index (χ3n) is 5.37. The Bertz CT molecular complexity index is 1280. The Balaban J connectivity index is 1.55. The fourth-order valence-corrected chi connectivity index (χ4v) is 3.79. The summed E-state index contributed by atoms with van der Waals surface area (Å²) in [6.07, 6.45) is 1.61. The number of hydrogen-bond acceptors (Lipinski definition) is 6. The molecule has 3 heterocycles. The summed E-state index contributed by atoms with van der Waals surface area (Å²) in [7, 11) is 0. The van der Waals surface area contributed by atoms with Crippen molar-refractivity contribution in [2.75, 3.05) is 31.2 Å². The van der Waals surface area contributed by atoms with Crippen LogP contribution in [0.15, 0.2) is 59.7 Å². The SMILES string of the molecule is Cc1nn2c(nc(N3CCOCC3)c3ccccc32)c1C=NNC(=O)c1ccccc1. The van der Waals surface area contributed by atoms with Crippen LogP contribution in [0.4, 0.5) is 5.82 Å². The highest BCUT2D eigenvalue weighted by atomic mass is 16.5. The zero-order valence-corrected chi connectivity index (χ0v) is 17.2. The molecule has 2 aromatic carbocycles. The highest BCUT2D eigenvalue weighted by Gasteiger charge is 2.20. The number of carbonyl (C=O) groups is 1. The first kappa shape index (κ1) is 19.2. The molecule has 0 aliphatic carbocycles. The lowest BCUT2D eigenvalue weighted by Gasteiger charge is -2.28. The van der Waals surface area contributed by atoms with Crippen LogP contribution < -0.4 is 10.3 Å².